The first kappa shape index (κ1) is 16.8. The summed E-state index contributed by atoms with van der Waals surface area (Å²) >= 11 is 5.92. The van der Waals surface area contributed by atoms with Crippen LogP contribution in [0.2, 0.25) is 5.02 Å². The van der Waals surface area contributed by atoms with E-state index in [1.807, 2.05) is 6.92 Å². The number of aryl methyl sites for hydroxylation is 1. The number of rotatable bonds is 6. The van der Waals surface area contributed by atoms with Gasteiger partial charge in [0.2, 0.25) is 5.91 Å². The lowest BCUT2D eigenvalue weighted by molar-refractivity contribution is -0.139. The monoisotopic (exact) mass is 313 g/mol. The van der Waals surface area contributed by atoms with E-state index in [0.717, 1.165) is 5.56 Å². The van der Waals surface area contributed by atoms with Crippen LogP contribution in [0.3, 0.4) is 0 Å². The Labute approximate surface area is 126 Å². The molecule has 0 aliphatic rings. The Kier molecular flexibility index (Phi) is 5.98. The van der Waals surface area contributed by atoms with E-state index in [1.54, 1.807) is 18.2 Å². The van der Waals surface area contributed by atoms with Crippen molar-refractivity contribution in [3.05, 3.63) is 28.8 Å². The molecule has 1 aromatic carbocycles. The summed E-state index contributed by atoms with van der Waals surface area (Å²) in [4.78, 5) is 33.4. The molecule has 8 heteroatoms. The molecule has 0 saturated heterocycles. The van der Waals surface area contributed by atoms with Crippen LogP contribution in [-0.4, -0.2) is 29.1 Å². The minimum atomic E-state index is -1.24. The number of anilines is 1. The first-order valence-electron chi connectivity index (χ1n) is 6.14. The van der Waals surface area contributed by atoms with E-state index in [9.17, 15) is 14.4 Å². The van der Waals surface area contributed by atoms with Crippen molar-refractivity contribution in [1.29, 1.82) is 0 Å². The Bertz CT molecular complexity index is 562. The van der Waals surface area contributed by atoms with Gasteiger partial charge in [-0.05, 0) is 31.0 Å². The van der Waals surface area contributed by atoms with Crippen LogP contribution in [0.4, 0.5) is 10.5 Å². The van der Waals surface area contributed by atoms with Gasteiger partial charge in [0, 0.05) is 17.1 Å². The number of carboxylic acids is 1. The second kappa shape index (κ2) is 7.49. The third-order valence-corrected chi connectivity index (χ3v) is 3.12. The van der Waals surface area contributed by atoms with Gasteiger partial charge in [0.15, 0.2) is 0 Å². The first-order valence-corrected chi connectivity index (χ1v) is 6.52. The lowest BCUT2D eigenvalue weighted by Gasteiger charge is -2.14. The first-order chi connectivity index (χ1) is 9.79. The molecule has 1 atom stereocenters. The highest BCUT2D eigenvalue weighted by Crippen LogP contribution is 2.19. The number of carboxylic acid groups (broad SMARTS) is 1. The number of hydrogen-bond acceptors (Lipinski definition) is 3. The van der Waals surface area contributed by atoms with E-state index in [1.165, 1.54) is 0 Å². The summed E-state index contributed by atoms with van der Waals surface area (Å²) in [5.41, 5.74) is 6.24. The van der Waals surface area contributed by atoms with Gasteiger partial charge in [0.05, 0.1) is 0 Å². The number of urea groups is 1. The maximum Gasteiger partial charge on any atom is 0.326 e. The van der Waals surface area contributed by atoms with E-state index >= 15 is 0 Å². The van der Waals surface area contributed by atoms with Gasteiger partial charge in [0.25, 0.3) is 0 Å². The van der Waals surface area contributed by atoms with E-state index in [2.05, 4.69) is 10.6 Å². The second-order valence-corrected chi connectivity index (χ2v) is 4.87. The van der Waals surface area contributed by atoms with Crippen LogP contribution >= 0.6 is 11.6 Å². The number of benzene rings is 1. The van der Waals surface area contributed by atoms with E-state index in [0.29, 0.717) is 10.7 Å². The lowest BCUT2D eigenvalue weighted by Crippen LogP contribution is -2.43. The van der Waals surface area contributed by atoms with Gasteiger partial charge in [0.1, 0.15) is 6.04 Å². The number of carbonyl (C=O) groups is 3. The third kappa shape index (κ3) is 5.70. The quantitative estimate of drug-likeness (QED) is 0.635. The second-order valence-electron chi connectivity index (χ2n) is 4.46. The predicted octanol–water partition coefficient (Wildman–Crippen LogP) is 1.49. The molecular formula is C13H16ClN3O4. The number of halogens is 1. The highest BCUT2D eigenvalue weighted by molar-refractivity contribution is 6.31. The summed E-state index contributed by atoms with van der Waals surface area (Å²) in [5, 5.41) is 14.2. The van der Waals surface area contributed by atoms with Gasteiger partial charge >= 0.3 is 12.0 Å². The molecule has 0 spiro atoms. The highest BCUT2D eigenvalue weighted by Gasteiger charge is 2.20. The molecule has 0 heterocycles. The van der Waals surface area contributed by atoms with Crippen LogP contribution in [0, 0.1) is 6.92 Å². The standard InChI is InChI=1S/C13H16ClN3O4/c1-7-2-3-8(6-9(7)14)16-13(21)17-10(12(19)20)4-5-11(15)18/h2-3,6,10H,4-5H2,1H3,(H2,15,18)(H,19,20)(H2,16,17,21)/t10-/m0/s1. The highest BCUT2D eigenvalue weighted by atomic mass is 35.5. The van der Waals surface area contributed by atoms with Crippen LogP contribution in [-0.2, 0) is 9.59 Å². The van der Waals surface area contributed by atoms with Crippen LogP contribution < -0.4 is 16.4 Å². The van der Waals surface area contributed by atoms with Crippen molar-refractivity contribution in [2.45, 2.75) is 25.8 Å². The molecule has 1 rings (SSSR count). The Hall–Kier alpha value is -2.28. The molecule has 0 bridgehead atoms. The molecule has 5 N–H and O–H groups in total. The predicted molar refractivity (Wildman–Crippen MR) is 78.2 cm³/mol. The fourth-order valence-corrected chi connectivity index (χ4v) is 1.72. The maximum absolute atomic E-state index is 11.7. The van der Waals surface area contributed by atoms with Gasteiger partial charge in [-0.1, -0.05) is 17.7 Å². The Balaban J connectivity index is 2.62. The topological polar surface area (TPSA) is 122 Å². The zero-order valence-corrected chi connectivity index (χ0v) is 12.1. The van der Waals surface area contributed by atoms with Gasteiger partial charge in [-0.25, -0.2) is 9.59 Å². The van der Waals surface area contributed by atoms with Crippen LogP contribution in [0.1, 0.15) is 18.4 Å². The van der Waals surface area contributed by atoms with Crippen molar-refractivity contribution >= 4 is 35.2 Å². The number of amides is 3. The fraction of sp³-hybridized carbons (Fsp3) is 0.308. The number of hydrogen-bond donors (Lipinski definition) is 4. The SMILES string of the molecule is Cc1ccc(NC(=O)N[C@@H](CCC(N)=O)C(=O)O)cc1Cl. The van der Waals surface area contributed by atoms with Gasteiger partial charge in [-0.3, -0.25) is 4.79 Å². The lowest BCUT2D eigenvalue weighted by atomic mass is 10.1. The third-order valence-electron chi connectivity index (χ3n) is 2.71. The van der Waals surface area contributed by atoms with Crippen molar-refractivity contribution in [2.24, 2.45) is 5.73 Å². The molecule has 0 aliphatic carbocycles. The smallest absolute Gasteiger partial charge is 0.326 e. The zero-order valence-electron chi connectivity index (χ0n) is 11.4. The normalized spacial score (nSPS) is 11.5. The molecule has 0 aromatic heterocycles. The molecule has 0 aliphatic heterocycles. The number of nitrogens with two attached hydrogens (primary N) is 1. The summed E-state index contributed by atoms with van der Waals surface area (Å²) in [6.45, 7) is 1.82. The minimum absolute atomic E-state index is 0.0766. The van der Waals surface area contributed by atoms with Gasteiger partial charge in [-0.15, -0.1) is 0 Å². The van der Waals surface area contributed by atoms with E-state index in [-0.39, 0.29) is 12.8 Å². The van der Waals surface area contributed by atoms with Crippen molar-refractivity contribution in [3.63, 3.8) is 0 Å². The summed E-state index contributed by atoms with van der Waals surface area (Å²) < 4.78 is 0. The average Bonchev–Trinajstić information content (AvgIpc) is 2.38. The molecule has 0 saturated carbocycles. The largest absolute Gasteiger partial charge is 0.480 e. The fourth-order valence-electron chi connectivity index (χ4n) is 1.54. The molecule has 0 fully saturated rings. The van der Waals surface area contributed by atoms with Crippen LogP contribution in [0.15, 0.2) is 18.2 Å². The summed E-state index contributed by atoms with van der Waals surface area (Å²) in [6.07, 6.45) is -0.208. The summed E-state index contributed by atoms with van der Waals surface area (Å²) in [7, 11) is 0. The Morgan fingerprint density at radius 1 is 1.38 bits per heavy atom. The van der Waals surface area contributed by atoms with Crippen molar-refractivity contribution < 1.29 is 19.5 Å². The molecule has 21 heavy (non-hydrogen) atoms. The molecule has 1 aromatic rings. The molecular weight excluding hydrogens is 298 g/mol. The summed E-state index contributed by atoms with van der Waals surface area (Å²) in [5.74, 6) is -1.87. The number of carbonyl (C=O) groups excluding carboxylic acids is 2. The molecule has 0 radical (unpaired) electrons. The van der Waals surface area contributed by atoms with Gasteiger partial charge in [-0.2, -0.15) is 0 Å². The molecule has 114 valence electrons. The van der Waals surface area contributed by atoms with Crippen LogP contribution in [0.25, 0.3) is 0 Å². The van der Waals surface area contributed by atoms with Crippen LogP contribution in [0.5, 0.6) is 0 Å². The average molecular weight is 314 g/mol. The molecule has 3 amide bonds. The summed E-state index contributed by atoms with van der Waals surface area (Å²) in [6, 6.07) is 3.01. The van der Waals surface area contributed by atoms with Crippen molar-refractivity contribution in [3.8, 4) is 0 Å². The zero-order chi connectivity index (χ0) is 16.0. The van der Waals surface area contributed by atoms with E-state index in [4.69, 9.17) is 22.4 Å². The Morgan fingerprint density at radius 2 is 2.05 bits per heavy atom. The van der Waals surface area contributed by atoms with E-state index < -0.39 is 23.9 Å². The van der Waals surface area contributed by atoms with Crippen molar-refractivity contribution in [1.82, 2.24) is 5.32 Å². The number of aliphatic carboxylic acids is 1. The Morgan fingerprint density at radius 3 is 2.57 bits per heavy atom. The van der Waals surface area contributed by atoms with Gasteiger partial charge < -0.3 is 21.5 Å². The molecule has 7 nitrogen and oxygen atoms in total. The number of nitrogens with one attached hydrogen (secondary N) is 2. The number of primary amides is 1. The minimum Gasteiger partial charge on any atom is -0.480 e. The molecule has 0 unspecified atom stereocenters. The van der Waals surface area contributed by atoms with Crippen molar-refractivity contribution in [2.75, 3.05) is 5.32 Å². The maximum atomic E-state index is 11.7.